The molecule has 1 amide bonds. The monoisotopic (exact) mass is 434 g/mol. The minimum Gasteiger partial charge on any atom is -0.493 e. The van der Waals surface area contributed by atoms with E-state index in [0.717, 1.165) is 0 Å². The Morgan fingerprint density at radius 3 is 2.28 bits per heavy atom. The lowest BCUT2D eigenvalue weighted by molar-refractivity contribution is -0.385. The summed E-state index contributed by atoms with van der Waals surface area (Å²) < 4.78 is 10.5. The normalized spacial score (nSPS) is 17.2. The fraction of sp³-hybridized carbons (Fsp3) is 0.208. The van der Waals surface area contributed by atoms with Crippen LogP contribution in [0.5, 0.6) is 11.5 Å². The number of amides is 1. The number of carbonyl (C=O) groups is 1. The van der Waals surface area contributed by atoms with Gasteiger partial charge in [-0.2, -0.15) is 0 Å². The lowest BCUT2D eigenvalue weighted by Gasteiger charge is -2.35. The van der Waals surface area contributed by atoms with Gasteiger partial charge in [-0.25, -0.2) is 0 Å². The number of nitrogens with zero attached hydrogens (tertiary/aromatic N) is 2. The standard InChI is InChI=1S/C24H22N2O6/c1-31-21-14-16(20(26(29)30)15-22(21)32-2)12-13-25-23(27)18-10-6-7-11-19(18)24(25,28)17-8-4-3-5-9-17/h3-11,14-15,28H,12-13H2,1-2H3/t24-/m1/s1. The molecule has 1 heterocycles. The van der Waals surface area contributed by atoms with Gasteiger partial charge in [0.2, 0.25) is 0 Å². The first-order chi connectivity index (χ1) is 15.4. The summed E-state index contributed by atoms with van der Waals surface area (Å²) in [5.74, 6) is 0.255. The van der Waals surface area contributed by atoms with Gasteiger partial charge in [0.1, 0.15) is 0 Å². The van der Waals surface area contributed by atoms with Gasteiger partial charge in [-0.05, 0) is 18.6 Å². The molecule has 32 heavy (non-hydrogen) atoms. The fourth-order valence-electron chi connectivity index (χ4n) is 4.17. The van der Waals surface area contributed by atoms with E-state index in [2.05, 4.69) is 0 Å². The van der Waals surface area contributed by atoms with Crippen molar-refractivity contribution < 1.29 is 24.3 Å². The lowest BCUT2D eigenvalue weighted by Crippen LogP contribution is -2.45. The van der Waals surface area contributed by atoms with Gasteiger partial charge in [-0.1, -0.05) is 48.5 Å². The van der Waals surface area contributed by atoms with Crippen molar-refractivity contribution in [2.24, 2.45) is 0 Å². The van der Waals surface area contributed by atoms with Gasteiger partial charge in [-0.15, -0.1) is 0 Å². The molecule has 8 nitrogen and oxygen atoms in total. The summed E-state index contributed by atoms with van der Waals surface area (Å²) in [6, 6.07) is 18.6. The number of aliphatic hydroxyl groups is 1. The molecule has 3 aromatic carbocycles. The topological polar surface area (TPSA) is 102 Å². The molecule has 0 spiro atoms. The van der Waals surface area contributed by atoms with Gasteiger partial charge in [0, 0.05) is 28.8 Å². The van der Waals surface area contributed by atoms with Crippen molar-refractivity contribution in [1.82, 2.24) is 4.90 Å². The largest absolute Gasteiger partial charge is 0.493 e. The third-order valence-electron chi connectivity index (χ3n) is 5.73. The van der Waals surface area contributed by atoms with Crippen molar-refractivity contribution in [3.8, 4) is 11.5 Å². The third-order valence-corrected chi connectivity index (χ3v) is 5.73. The van der Waals surface area contributed by atoms with Gasteiger partial charge in [0.05, 0.1) is 25.2 Å². The summed E-state index contributed by atoms with van der Waals surface area (Å²) in [6.45, 7) is 0.0508. The average Bonchev–Trinajstić information content (AvgIpc) is 3.05. The predicted molar refractivity (Wildman–Crippen MR) is 117 cm³/mol. The first kappa shape index (κ1) is 21.3. The Hall–Kier alpha value is -3.91. The zero-order valence-electron chi connectivity index (χ0n) is 17.6. The molecule has 4 rings (SSSR count). The first-order valence-corrected chi connectivity index (χ1v) is 10.0. The second kappa shape index (κ2) is 8.32. The van der Waals surface area contributed by atoms with Crippen LogP contribution in [0.25, 0.3) is 0 Å². The number of ether oxygens (including phenoxy) is 2. The van der Waals surface area contributed by atoms with E-state index in [1.54, 1.807) is 48.5 Å². The second-order valence-electron chi connectivity index (χ2n) is 7.38. The zero-order chi connectivity index (χ0) is 22.9. The molecular formula is C24H22N2O6. The number of benzene rings is 3. The minimum absolute atomic E-state index is 0.0508. The van der Waals surface area contributed by atoms with Crippen molar-refractivity contribution in [1.29, 1.82) is 0 Å². The van der Waals surface area contributed by atoms with Gasteiger partial charge in [0.25, 0.3) is 11.6 Å². The number of hydrogen-bond donors (Lipinski definition) is 1. The molecule has 8 heteroatoms. The van der Waals surface area contributed by atoms with E-state index in [1.807, 2.05) is 6.07 Å². The van der Waals surface area contributed by atoms with Crippen molar-refractivity contribution in [3.05, 3.63) is 99.1 Å². The maximum Gasteiger partial charge on any atom is 0.276 e. The third kappa shape index (κ3) is 3.34. The number of nitro benzene ring substituents is 1. The Kier molecular flexibility index (Phi) is 5.54. The van der Waals surface area contributed by atoms with Crippen LogP contribution in [0, 0.1) is 10.1 Å². The number of carbonyl (C=O) groups excluding carboxylic acids is 1. The Morgan fingerprint density at radius 1 is 1.00 bits per heavy atom. The molecule has 1 atom stereocenters. The highest BCUT2D eigenvalue weighted by Crippen LogP contribution is 2.42. The highest BCUT2D eigenvalue weighted by atomic mass is 16.6. The summed E-state index contributed by atoms with van der Waals surface area (Å²) in [4.78, 5) is 25.7. The average molecular weight is 434 g/mol. The van der Waals surface area contributed by atoms with E-state index in [1.165, 1.54) is 31.3 Å². The molecule has 0 aliphatic carbocycles. The molecule has 0 fully saturated rings. The molecule has 0 aromatic heterocycles. The maximum absolute atomic E-state index is 13.2. The van der Waals surface area contributed by atoms with Crippen LogP contribution in [0.3, 0.4) is 0 Å². The fourth-order valence-corrected chi connectivity index (χ4v) is 4.17. The molecule has 3 aromatic rings. The van der Waals surface area contributed by atoms with E-state index in [4.69, 9.17) is 9.47 Å². The van der Waals surface area contributed by atoms with E-state index in [0.29, 0.717) is 28.0 Å². The molecule has 1 aliphatic rings. The molecule has 164 valence electrons. The molecule has 0 saturated heterocycles. The van der Waals surface area contributed by atoms with Gasteiger partial charge in [0.15, 0.2) is 17.2 Å². The SMILES string of the molecule is COc1cc(CCN2C(=O)c3ccccc3[C@]2(O)c2ccccc2)c([N+](=O)[O-])cc1OC. The lowest BCUT2D eigenvalue weighted by atomic mass is 9.93. The molecule has 0 saturated carbocycles. The molecule has 0 radical (unpaired) electrons. The number of hydrogen-bond acceptors (Lipinski definition) is 6. The van der Waals surface area contributed by atoms with E-state index < -0.39 is 10.6 Å². The van der Waals surface area contributed by atoms with Crippen LogP contribution in [0.2, 0.25) is 0 Å². The second-order valence-corrected chi connectivity index (χ2v) is 7.38. The summed E-state index contributed by atoms with van der Waals surface area (Å²) in [7, 11) is 2.85. The first-order valence-electron chi connectivity index (χ1n) is 10.0. The van der Waals surface area contributed by atoms with Crippen LogP contribution < -0.4 is 9.47 Å². The quantitative estimate of drug-likeness (QED) is 0.451. The summed E-state index contributed by atoms with van der Waals surface area (Å²) in [5, 5.41) is 23.5. The van der Waals surface area contributed by atoms with Gasteiger partial charge < -0.3 is 19.5 Å². The molecular weight excluding hydrogens is 412 g/mol. The van der Waals surface area contributed by atoms with Crippen molar-refractivity contribution in [2.45, 2.75) is 12.1 Å². The number of fused-ring (bicyclic) bond motifs is 1. The zero-order valence-corrected chi connectivity index (χ0v) is 17.6. The predicted octanol–water partition coefficient (Wildman–Crippen LogP) is 3.50. The van der Waals surface area contributed by atoms with Crippen LogP contribution in [0.15, 0.2) is 66.7 Å². The smallest absolute Gasteiger partial charge is 0.276 e. The van der Waals surface area contributed by atoms with Crippen molar-refractivity contribution in [2.75, 3.05) is 20.8 Å². The number of nitro groups is 1. The summed E-state index contributed by atoms with van der Waals surface area (Å²) in [5.41, 5.74) is -0.0269. The highest BCUT2D eigenvalue weighted by molar-refractivity contribution is 6.00. The van der Waals surface area contributed by atoms with Gasteiger partial charge in [-0.3, -0.25) is 14.9 Å². The Balaban J connectivity index is 1.75. The van der Waals surface area contributed by atoms with Crippen molar-refractivity contribution >= 4 is 11.6 Å². The van der Waals surface area contributed by atoms with Crippen LogP contribution in [0.1, 0.15) is 27.0 Å². The van der Waals surface area contributed by atoms with Crippen LogP contribution in [-0.4, -0.2) is 41.6 Å². The Morgan fingerprint density at radius 2 is 1.62 bits per heavy atom. The maximum atomic E-state index is 13.2. The highest BCUT2D eigenvalue weighted by Gasteiger charge is 2.49. The Labute approximate surface area is 184 Å². The Bertz CT molecular complexity index is 1180. The molecule has 1 aliphatic heterocycles. The van der Waals surface area contributed by atoms with Crippen LogP contribution >= 0.6 is 0 Å². The van der Waals surface area contributed by atoms with Crippen LogP contribution in [0.4, 0.5) is 5.69 Å². The summed E-state index contributed by atoms with van der Waals surface area (Å²) >= 11 is 0. The van der Waals surface area contributed by atoms with Gasteiger partial charge >= 0.3 is 0 Å². The molecule has 0 bridgehead atoms. The van der Waals surface area contributed by atoms with Crippen LogP contribution in [-0.2, 0) is 12.1 Å². The van der Waals surface area contributed by atoms with E-state index in [-0.39, 0.29) is 30.3 Å². The number of rotatable bonds is 7. The molecule has 1 N–H and O–H groups in total. The minimum atomic E-state index is -1.68. The number of methoxy groups -OCH3 is 2. The summed E-state index contributed by atoms with van der Waals surface area (Å²) in [6.07, 6.45) is 0.130. The molecule has 0 unspecified atom stereocenters. The van der Waals surface area contributed by atoms with E-state index in [9.17, 15) is 20.0 Å². The van der Waals surface area contributed by atoms with Crippen molar-refractivity contribution in [3.63, 3.8) is 0 Å². The van der Waals surface area contributed by atoms with E-state index >= 15 is 0 Å².